The third-order valence-corrected chi connectivity index (χ3v) is 3.77. The molecule has 3 rings (SSSR count). The summed E-state index contributed by atoms with van der Waals surface area (Å²) in [5.74, 6) is 2.00. The van der Waals surface area contributed by atoms with Gasteiger partial charge in [-0.1, -0.05) is 5.16 Å². The van der Waals surface area contributed by atoms with Crippen LogP contribution < -0.4 is 0 Å². The molecule has 3 heterocycles. The number of hydrogen-bond acceptors (Lipinski definition) is 5. The van der Waals surface area contributed by atoms with Crippen LogP contribution in [0.2, 0.25) is 0 Å². The first-order valence-electron chi connectivity index (χ1n) is 7.01. The quantitative estimate of drug-likeness (QED) is 0.798. The normalized spacial score (nSPS) is 23.5. The van der Waals surface area contributed by atoms with E-state index in [4.69, 9.17) is 9.26 Å². The number of hydrogen-bond donors (Lipinski definition) is 0. The van der Waals surface area contributed by atoms with Crippen LogP contribution in [0.15, 0.2) is 4.52 Å². The summed E-state index contributed by atoms with van der Waals surface area (Å²) in [6.45, 7) is 3.17. The average molecular weight is 265 g/mol. The van der Waals surface area contributed by atoms with Crippen LogP contribution in [0.5, 0.6) is 0 Å². The van der Waals surface area contributed by atoms with E-state index in [0.717, 1.165) is 51.2 Å². The van der Waals surface area contributed by atoms with Crippen molar-refractivity contribution in [3.05, 3.63) is 11.7 Å². The summed E-state index contributed by atoms with van der Waals surface area (Å²) in [5.41, 5.74) is 0. The van der Waals surface area contributed by atoms with Gasteiger partial charge in [0.15, 0.2) is 5.82 Å². The molecule has 0 spiro atoms. The first-order chi connectivity index (χ1) is 9.33. The second-order valence-electron chi connectivity index (χ2n) is 5.19. The molecule has 1 aromatic heterocycles. The number of aryl methyl sites for hydroxylation is 1. The molecule has 2 saturated heterocycles. The maximum atomic E-state index is 11.5. The Morgan fingerprint density at radius 2 is 2.37 bits per heavy atom. The highest BCUT2D eigenvalue weighted by atomic mass is 16.5. The summed E-state index contributed by atoms with van der Waals surface area (Å²) in [5, 5.41) is 4.02. The predicted octanol–water partition coefficient (Wildman–Crippen LogP) is 1.13. The van der Waals surface area contributed by atoms with Gasteiger partial charge in [0.1, 0.15) is 0 Å². The SMILES string of the molecule is O=C1CCCN1CCCc1nc(C2CCOC2)no1. The molecule has 2 aliphatic rings. The number of aromatic nitrogens is 2. The summed E-state index contributed by atoms with van der Waals surface area (Å²) < 4.78 is 10.6. The number of rotatable bonds is 5. The van der Waals surface area contributed by atoms with Crippen molar-refractivity contribution in [1.29, 1.82) is 0 Å². The third kappa shape index (κ3) is 2.94. The molecule has 1 unspecified atom stereocenters. The van der Waals surface area contributed by atoms with E-state index < -0.39 is 0 Å². The molecular formula is C13H19N3O3. The number of amides is 1. The Bertz CT molecular complexity index is 440. The minimum Gasteiger partial charge on any atom is -0.381 e. The molecule has 1 atom stereocenters. The fourth-order valence-electron chi connectivity index (χ4n) is 2.64. The van der Waals surface area contributed by atoms with Gasteiger partial charge in [-0.3, -0.25) is 4.79 Å². The highest BCUT2D eigenvalue weighted by Crippen LogP contribution is 2.22. The van der Waals surface area contributed by atoms with E-state index in [1.165, 1.54) is 0 Å². The largest absolute Gasteiger partial charge is 0.381 e. The van der Waals surface area contributed by atoms with Gasteiger partial charge in [0.25, 0.3) is 0 Å². The molecule has 0 saturated carbocycles. The molecule has 0 bridgehead atoms. The van der Waals surface area contributed by atoms with E-state index in [1.54, 1.807) is 0 Å². The fraction of sp³-hybridized carbons (Fsp3) is 0.769. The summed E-state index contributed by atoms with van der Waals surface area (Å²) in [6, 6.07) is 0. The molecule has 1 amide bonds. The third-order valence-electron chi connectivity index (χ3n) is 3.77. The Morgan fingerprint density at radius 1 is 1.42 bits per heavy atom. The molecular weight excluding hydrogens is 246 g/mol. The Hall–Kier alpha value is -1.43. The van der Waals surface area contributed by atoms with Gasteiger partial charge < -0.3 is 14.2 Å². The standard InChI is InChI=1S/C13H19N3O3/c17-12-4-2-7-16(12)6-1-3-11-14-13(15-19-11)10-5-8-18-9-10/h10H,1-9H2. The van der Waals surface area contributed by atoms with Gasteiger partial charge >= 0.3 is 0 Å². The van der Waals surface area contributed by atoms with Crippen LogP contribution in [-0.2, 0) is 16.0 Å². The molecule has 0 radical (unpaired) electrons. The summed E-state index contributed by atoms with van der Waals surface area (Å²) >= 11 is 0. The number of likely N-dealkylation sites (tertiary alicyclic amines) is 1. The van der Waals surface area contributed by atoms with Crippen LogP contribution in [0.1, 0.15) is 43.3 Å². The lowest BCUT2D eigenvalue weighted by Gasteiger charge is -2.13. The first-order valence-corrected chi connectivity index (χ1v) is 7.01. The van der Waals surface area contributed by atoms with E-state index in [9.17, 15) is 4.79 Å². The molecule has 104 valence electrons. The van der Waals surface area contributed by atoms with Crippen LogP contribution in [0.4, 0.5) is 0 Å². The lowest BCUT2D eigenvalue weighted by atomic mass is 10.1. The lowest BCUT2D eigenvalue weighted by Crippen LogP contribution is -2.25. The van der Waals surface area contributed by atoms with Crippen molar-refractivity contribution in [1.82, 2.24) is 15.0 Å². The van der Waals surface area contributed by atoms with Crippen molar-refractivity contribution in [2.75, 3.05) is 26.3 Å². The predicted molar refractivity (Wildman–Crippen MR) is 66.6 cm³/mol. The molecule has 0 aromatic carbocycles. The molecule has 0 N–H and O–H groups in total. The number of nitrogens with zero attached hydrogens (tertiary/aromatic N) is 3. The van der Waals surface area contributed by atoms with Crippen LogP contribution in [0, 0.1) is 0 Å². The van der Waals surface area contributed by atoms with E-state index in [2.05, 4.69) is 10.1 Å². The van der Waals surface area contributed by atoms with E-state index in [-0.39, 0.29) is 11.8 Å². The number of ether oxygens (including phenoxy) is 1. The molecule has 1 aromatic rings. The number of carbonyl (C=O) groups excluding carboxylic acids is 1. The van der Waals surface area contributed by atoms with Crippen LogP contribution in [0.25, 0.3) is 0 Å². The molecule has 19 heavy (non-hydrogen) atoms. The van der Waals surface area contributed by atoms with Crippen LogP contribution in [-0.4, -0.2) is 47.3 Å². The zero-order valence-corrected chi connectivity index (χ0v) is 11.0. The Kier molecular flexibility index (Phi) is 3.77. The highest BCUT2D eigenvalue weighted by Gasteiger charge is 2.23. The van der Waals surface area contributed by atoms with E-state index in [1.807, 2.05) is 4.90 Å². The van der Waals surface area contributed by atoms with Gasteiger partial charge in [-0.2, -0.15) is 4.98 Å². The fourth-order valence-corrected chi connectivity index (χ4v) is 2.64. The zero-order valence-electron chi connectivity index (χ0n) is 11.0. The second-order valence-corrected chi connectivity index (χ2v) is 5.19. The zero-order chi connectivity index (χ0) is 13.1. The Morgan fingerprint density at radius 3 is 3.11 bits per heavy atom. The van der Waals surface area contributed by atoms with Gasteiger partial charge in [0, 0.05) is 38.5 Å². The second kappa shape index (κ2) is 5.69. The summed E-state index contributed by atoms with van der Waals surface area (Å²) in [6.07, 6.45) is 4.29. The minimum atomic E-state index is 0.273. The lowest BCUT2D eigenvalue weighted by molar-refractivity contribution is -0.127. The van der Waals surface area contributed by atoms with Crippen molar-refractivity contribution < 1.29 is 14.1 Å². The van der Waals surface area contributed by atoms with Gasteiger partial charge in [-0.05, 0) is 19.3 Å². The maximum absolute atomic E-state index is 11.5. The Labute approximate surface area is 112 Å². The minimum absolute atomic E-state index is 0.273. The van der Waals surface area contributed by atoms with Gasteiger partial charge in [0.05, 0.1) is 6.61 Å². The van der Waals surface area contributed by atoms with E-state index >= 15 is 0 Å². The Balaban J connectivity index is 1.46. The van der Waals surface area contributed by atoms with Crippen molar-refractivity contribution in [3.8, 4) is 0 Å². The van der Waals surface area contributed by atoms with E-state index in [0.29, 0.717) is 18.9 Å². The van der Waals surface area contributed by atoms with Gasteiger partial charge in [-0.25, -0.2) is 0 Å². The van der Waals surface area contributed by atoms with Gasteiger partial charge in [0.2, 0.25) is 11.8 Å². The molecule has 2 fully saturated rings. The topological polar surface area (TPSA) is 68.5 Å². The van der Waals surface area contributed by atoms with Crippen molar-refractivity contribution in [2.24, 2.45) is 0 Å². The van der Waals surface area contributed by atoms with Crippen molar-refractivity contribution in [2.45, 2.75) is 38.0 Å². The maximum Gasteiger partial charge on any atom is 0.226 e. The molecule has 6 nitrogen and oxygen atoms in total. The van der Waals surface area contributed by atoms with Gasteiger partial charge in [-0.15, -0.1) is 0 Å². The highest BCUT2D eigenvalue weighted by molar-refractivity contribution is 5.77. The molecule has 6 heteroatoms. The first kappa shape index (κ1) is 12.6. The summed E-state index contributed by atoms with van der Waals surface area (Å²) in [7, 11) is 0. The smallest absolute Gasteiger partial charge is 0.226 e. The monoisotopic (exact) mass is 265 g/mol. The van der Waals surface area contributed by atoms with Crippen LogP contribution >= 0.6 is 0 Å². The molecule has 2 aliphatic heterocycles. The summed E-state index contributed by atoms with van der Waals surface area (Å²) in [4.78, 5) is 17.8. The van der Waals surface area contributed by atoms with Crippen LogP contribution in [0.3, 0.4) is 0 Å². The number of carbonyl (C=O) groups is 1. The van der Waals surface area contributed by atoms with Crippen molar-refractivity contribution >= 4 is 5.91 Å². The van der Waals surface area contributed by atoms with Crippen molar-refractivity contribution in [3.63, 3.8) is 0 Å². The molecule has 0 aliphatic carbocycles. The average Bonchev–Trinajstić information content (AvgIpc) is 3.11.